The number of benzene rings is 1. The maximum atomic E-state index is 12.2. The Bertz CT molecular complexity index is 487. The fourth-order valence-corrected chi connectivity index (χ4v) is 3.53. The zero-order chi connectivity index (χ0) is 14.2. The number of piperidine rings is 1. The molecule has 1 aromatic carbocycles. The van der Waals surface area contributed by atoms with Gasteiger partial charge in [-0.15, -0.1) is 0 Å². The third-order valence-corrected chi connectivity index (χ3v) is 4.40. The highest BCUT2D eigenvalue weighted by molar-refractivity contribution is 9.10. The zero-order valence-electron chi connectivity index (χ0n) is 11.7. The molecule has 1 aliphatic rings. The molecule has 3 nitrogen and oxygen atoms in total. The molecule has 2 rings (SSSR count). The van der Waals surface area contributed by atoms with E-state index < -0.39 is 0 Å². The molecule has 0 spiro atoms. The second-order valence-corrected chi connectivity index (χ2v) is 6.42. The summed E-state index contributed by atoms with van der Waals surface area (Å²) in [4.78, 5) is 14.1. The van der Waals surface area contributed by atoms with Gasteiger partial charge < -0.3 is 10.6 Å². The molecule has 0 aliphatic carbocycles. The van der Waals surface area contributed by atoms with Gasteiger partial charge in [0.2, 0.25) is 5.91 Å². The number of amides is 1. The van der Waals surface area contributed by atoms with E-state index >= 15 is 0 Å². The summed E-state index contributed by atoms with van der Waals surface area (Å²) >= 11 is 3.61. The van der Waals surface area contributed by atoms with Crippen LogP contribution in [0.25, 0.3) is 0 Å². The number of likely N-dealkylation sites (tertiary alicyclic amines) is 1. The Morgan fingerprint density at radius 3 is 2.68 bits per heavy atom. The molecule has 2 N–H and O–H groups in total. The van der Waals surface area contributed by atoms with Gasteiger partial charge in [0, 0.05) is 23.0 Å². The predicted molar refractivity (Wildman–Crippen MR) is 80.8 cm³/mol. The molecule has 1 fully saturated rings. The van der Waals surface area contributed by atoms with Crippen molar-refractivity contribution in [2.75, 3.05) is 0 Å². The maximum absolute atomic E-state index is 12.2. The molecule has 1 aliphatic heterocycles. The van der Waals surface area contributed by atoms with Gasteiger partial charge in [0.1, 0.15) is 0 Å². The van der Waals surface area contributed by atoms with Crippen LogP contribution >= 0.6 is 15.9 Å². The summed E-state index contributed by atoms with van der Waals surface area (Å²) in [5, 5.41) is 0. The number of halogens is 1. The normalized spacial score (nSPS) is 24.1. The monoisotopic (exact) mass is 324 g/mol. The van der Waals surface area contributed by atoms with Gasteiger partial charge in [-0.05, 0) is 44.4 Å². The molecular formula is C15H21BrN2O. The van der Waals surface area contributed by atoms with E-state index in [0.29, 0.717) is 6.42 Å². The number of hydrogen-bond donors (Lipinski definition) is 1. The van der Waals surface area contributed by atoms with Gasteiger partial charge in [-0.1, -0.05) is 28.1 Å². The van der Waals surface area contributed by atoms with Crippen molar-refractivity contribution in [2.45, 2.75) is 51.7 Å². The molecule has 2 unspecified atom stereocenters. The van der Waals surface area contributed by atoms with Crippen LogP contribution in [0.4, 0.5) is 0 Å². The van der Waals surface area contributed by atoms with Crippen molar-refractivity contribution in [3.05, 3.63) is 33.8 Å². The second-order valence-electron chi connectivity index (χ2n) is 5.57. The van der Waals surface area contributed by atoms with Crippen molar-refractivity contribution in [1.82, 2.24) is 4.90 Å². The van der Waals surface area contributed by atoms with E-state index in [1.54, 1.807) is 0 Å². The molecule has 0 radical (unpaired) electrons. The quantitative estimate of drug-likeness (QED) is 0.908. The van der Waals surface area contributed by atoms with Crippen LogP contribution in [0.5, 0.6) is 0 Å². The smallest absolute Gasteiger partial charge is 0.223 e. The van der Waals surface area contributed by atoms with Gasteiger partial charge in [0.05, 0.1) is 6.04 Å². The van der Waals surface area contributed by atoms with E-state index in [9.17, 15) is 4.79 Å². The first-order valence-corrected chi connectivity index (χ1v) is 7.54. The largest absolute Gasteiger partial charge is 0.332 e. The first kappa shape index (κ1) is 14.5. The standard InChI is InChI=1S/C15H21BrN2O/c1-9(2)18-14(19)7-6-13(17)15(18)11-5-4-10(3)8-12(11)16/h4-5,8-9,13,15H,6-7,17H2,1-3H3. The molecule has 1 amide bonds. The summed E-state index contributed by atoms with van der Waals surface area (Å²) < 4.78 is 1.04. The zero-order valence-corrected chi connectivity index (χ0v) is 13.3. The van der Waals surface area contributed by atoms with Crippen molar-refractivity contribution in [1.29, 1.82) is 0 Å². The van der Waals surface area contributed by atoms with Crippen molar-refractivity contribution in [3.63, 3.8) is 0 Å². The lowest BCUT2D eigenvalue weighted by Gasteiger charge is -2.42. The third-order valence-electron chi connectivity index (χ3n) is 3.72. The highest BCUT2D eigenvalue weighted by atomic mass is 79.9. The van der Waals surface area contributed by atoms with Crippen LogP contribution in [0, 0.1) is 6.92 Å². The predicted octanol–water partition coefficient (Wildman–Crippen LogP) is 3.16. The Labute approximate surface area is 123 Å². The van der Waals surface area contributed by atoms with E-state index in [0.717, 1.165) is 16.5 Å². The average Bonchev–Trinajstić information content (AvgIpc) is 2.32. The second kappa shape index (κ2) is 5.63. The Balaban J connectivity index is 2.45. The van der Waals surface area contributed by atoms with Crippen LogP contribution in [0.1, 0.15) is 43.9 Å². The van der Waals surface area contributed by atoms with Crippen LogP contribution in [0.3, 0.4) is 0 Å². The average molecular weight is 325 g/mol. The molecule has 1 heterocycles. The third kappa shape index (κ3) is 2.84. The van der Waals surface area contributed by atoms with Gasteiger partial charge >= 0.3 is 0 Å². The summed E-state index contributed by atoms with van der Waals surface area (Å²) in [6, 6.07) is 6.37. The summed E-state index contributed by atoms with van der Waals surface area (Å²) in [6.45, 7) is 6.15. The number of nitrogens with two attached hydrogens (primary N) is 1. The first-order valence-electron chi connectivity index (χ1n) is 6.74. The van der Waals surface area contributed by atoms with Gasteiger partial charge in [0.25, 0.3) is 0 Å². The van der Waals surface area contributed by atoms with E-state index in [1.807, 2.05) is 18.7 Å². The highest BCUT2D eigenvalue weighted by Gasteiger charge is 2.37. The summed E-state index contributed by atoms with van der Waals surface area (Å²) in [7, 11) is 0. The van der Waals surface area contributed by atoms with Crippen molar-refractivity contribution >= 4 is 21.8 Å². The number of hydrogen-bond acceptors (Lipinski definition) is 2. The number of aryl methyl sites for hydroxylation is 1. The summed E-state index contributed by atoms with van der Waals surface area (Å²) in [5.74, 6) is 0.203. The van der Waals surface area contributed by atoms with E-state index in [2.05, 4.69) is 41.1 Å². The minimum atomic E-state index is -0.0313. The minimum Gasteiger partial charge on any atom is -0.332 e. The van der Waals surface area contributed by atoms with Crippen molar-refractivity contribution in [2.24, 2.45) is 5.73 Å². The number of carbonyl (C=O) groups is 1. The minimum absolute atomic E-state index is 0.000828. The Hall–Kier alpha value is -0.870. The molecule has 4 heteroatoms. The van der Waals surface area contributed by atoms with Gasteiger partial charge in [0.15, 0.2) is 0 Å². The highest BCUT2D eigenvalue weighted by Crippen LogP contribution is 2.36. The summed E-state index contributed by atoms with van der Waals surface area (Å²) in [6.07, 6.45) is 1.31. The molecule has 0 saturated carbocycles. The molecule has 0 bridgehead atoms. The molecule has 19 heavy (non-hydrogen) atoms. The molecule has 0 aromatic heterocycles. The van der Waals surface area contributed by atoms with Gasteiger partial charge in [-0.2, -0.15) is 0 Å². The van der Waals surface area contributed by atoms with Crippen molar-refractivity contribution < 1.29 is 4.79 Å². The van der Waals surface area contributed by atoms with Crippen molar-refractivity contribution in [3.8, 4) is 0 Å². The van der Waals surface area contributed by atoms with Crippen LogP contribution in [-0.4, -0.2) is 22.9 Å². The lowest BCUT2D eigenvalue weighted by molar-refractivity contribution is -0.139. The molecular weight excluding hydrogens is 304 g/mol. The summed E-state index contributed by atoms with van der Waals surface area (Å²) in [5.41, 5.74) is 8.60. The Morgan fingerprint density at radius 2 is 2.11 bits per heavy atom. The van der Waals surface area contributed by atoms with E-state index in [-0.39, 0.29) is 24.0 Å². The molecule has 1 aromatic rings. The first-order chi connectivity index (χ1) is 8.91. The van der Waals surface area contributed by atoms with E-state index in [4.69, 9.17) is 5.73 Å². The Kier molecular flexibility index (Phi) is 4.31. The lowest BCUT2D eigenvalue weighted by Crippen LogP contribution is -2.51. The van der Waals surface area contributed by atoms with Gasteiger partial charge in [-0.3, -0.25) is 4.79 Å². The Morgan fingerprint density at radius 1 is 1.42 bits per heavy atom. The van der Waals surface area contributed by atoms with E-state index in [1.165, 1.54) is 5.56 Å². The molecule has 2 atom stereocenters. The molecule has 104 valence electrons. The fraction of sp³-hybridized carbons (Fsp3) is 0.533. The number of nitrogens with zero attached hydrogens (tertiary/aromatic N) is 1. The molecule has 1 saturated heterocycles. The van der Waals surface area contributed by atoms with Crippen LogP contribution < -0.4 is 5.73 Å². The topological polar surface area (TPSA) is 46.3 Å². The van der Waals surface area contributed by atoms with Crippen LogP contribution in [-0.2, 0) is 4.79 Å². The van der Waals surface area contributed by atoms with Crippen LogP contribution in [0.2, 0.25) is 0 Å². The number of rotatable bonds is 2. The maximum Gasteiger partial charge on any atom is 0.223 e. The lowest BCUT2D eigenvalue weighted by atomic mass is 9.89. The SMILES string of the molecule is Cc1ccc(C2C(N)CCC(=O)N2C(C)C)c(Br)c1. The number of carbonyl (C=O) groups excluding carboxylic acids is 1. The van der Waals surface area contributed by atoms with Gasteiger partial charge in [-0.25, -0.2) is 0 Å². The fourth-order valence-electron chi connectivity index (χ4n) is 2.80. The van der Waals surface area contributed by atoms with Crippen LogP contribution in [0.15, 0.2) is 22.7 Å².